The van der Waals surface area contributed by atoms with E-state index in [1.807, 2.05) is 0 Å². The van der Waals surface area contributed by atoms with E-state index in [2.05, 4.69) is 0 Å². The van der Waals surface area contributed by atoms with Crippen molar-refractivity contribution in [2.24, 2.45) is 0 Å². The van der Waals surface area contributed by atoms with Crippen molar-refractivity contribution in [1.82, 2.24) is 0 Å². The van der Waals surface area contributed by atoms with Crippen molar-refractivity contribution in [1.29, 1.82) is 0 Å². The smallest absolute Gasteiger partial charge is 0.416 e. The predicted molar refractivity (Wildman–Crippen MR) is 90.1 cm³/mol. The Morgan fingerprint density at radius 1 is 1.19 bits per heavy atom. The lowest BCUT2D eigenvalue weighted by molar-refractivity contribution is -0.385. The number of alkyl halides is 3. The molecule has 1 N–H and O–H groups in total. The van der Waals surface area contributed by atoms with E-state index in [0.717, 1.165) is 12.1 Å². The standard InChI is InChI=1S/C16H8Cl2F3NO4/c17-12-3-1-2-8(14(12)18)6-11(15(23)24)10-5-4-9(16(19,20)21)7-13(10)22(25)26/h1-7H,(H,23,24)/b11-6+. The van der Waals surface area contributed by atoms with Gasteiger partial charge in [-0.15, -0.1) is 0 Å². The van der Waals surface area contributed by atoms with Gasteiger partial charge in [0.2, 0.25) is 0 Å². The lowest BCUT2D eigenvalue weighted by atomic mass is 9.99. The highest BCUT2D eigenvalue weighted by atomic mass is 35.5. The molecule has 0 spiro atoms. The molecule has 0 saturated heterocycles. The minimum atomic E-state index is -4.81. The Kier molecular flexibility index (Phi) is 5.58. The van der Waals surface area contributed by atoms with Crippen LogP contribution < -0.4 is 0 Å². The molecule has 0 unspecified atom stereocenters. The second-order valence-corrected chi connectivity index (χ2v) is 5.78. The summed E-state index contributed by atoms with van der Waals surface area (Å²) in [4.78, 5) is 21.7. The fourth-order valence-electron chi connectivity index (χ4n) is 2.13. The largest absolute Gasteiger partial charge is 0.478 e. The molecule has 2 aromatic rings. The van der Waals surface area contributed by atoms with Crippen LogP contribution in [0.4, 0.5) is 18.9 Å². The molecule has 136 valence electrons. The van der Waals surface area contributed by atoms with E-state index in [4.69, 9.17) is 23.2 Å². The molecule has 0 aromatic heterocycles. The second-order valence-electron chi connectivity index (χ2n) is 4.99. The van der Waals surface area contributed by atoms with Crippen LogP contribution in [0.15, 0.2) is 36.4 Å². The Hall–Kier alpha value is -2.58. The molecule has 0 heterocycles. The zero-order chi connectivity index (χ0) is 19.6. The van der Waals surface area contributed by atoms with Crippen molar-refractivity contribution in [3.05, 3.63) is 73.2 Å². The van der Waals surface area contributed by atoms with E-state index in [1.165, 1.54) is 18.2 Å². The molecular formula is C16H8Cl2F3NO4. The lowest BCUT2D eigenvalue weighted by Gasteiger charge is -2.10. The van der Waals surface area contributed by atoms with Gasteiger partial charge in [0.05, 0.1) is 31.7 Å². The molecule has 0 aliphatic rings. The van der Waals surface area contributed by atoms with Crippen molar-refractivity contribution in [2.75, 3.05) is 0 Å². The molecule has 26 heavy (non-hydrogen) atoms. The molecule has 0 saturated carbocycles. The number of rotatable bonds is 4. The number of carbonyl (C=O) groups is 1. The van der Waals surface area contributed by atoms with Gasteiger partial charge in [0.25, 0.3) is 5.69 Å². The number of carboxylic acids is 1. The van der Waals surface area contributed by atoms with Gasteiger partial charge in [0, 0.05) is 6.07 Å². The molecular weight excluding hydrogens is 398 g/mol. The van der Waals surface area contributed by atoms with E-state index < -0.39 is 39.5 Å². The number of benzene rings is 2. The highest BCUT2D eigenvalue weighted by molar-refractivity contribution is 6.43. The SMILES string of the molecule is O=C(O)/C(=C/c1cccc(Cl)c1Cl)c1ccc(C(F)(F)F)cc1[N+](=O)[O-]. The first kappa shape index (κ1) is 19.7. The van der Waals surface area contributed by atoms with Crippen LogP contribution in [0, 0.1) is 10.1 Å². The average Bonchev–Trinajstić information content (AvgIpc) is 2.54. The van der Waals surface area contributed by atoms with Crippen LogP contribution in [0.1, 0.15) is 16.7 Å². The van der Waals surface area contributed by atoms with Gasteiger partial charge in [-0.2, -0.15) is 13.2 Å². The predicted octanol–water partition coefficient (Wildman–Crippen LogP) is 5.55. The van der Waals surface area contributed by atoms with Crippen LogP contribution in [-0.4, -0.2) is 16.0 Å². The topological polar surface area (TPSA) is 80.4 Å². The minimum absolute atomic E-state index is 0.00230. The van der Waals surface area contributed by atoms with E-state index in [0.29, 0.717) is 6.07 Å². The molecule has 5 nitrogen and oxygen atoms in total. The van der Waals surface area contributed by atoms with Crippen LogP contribution >= 0.6 is 23.2 Å². The van der Waals surface area contributed by atoms with Crippen LogP contribution in [0.2, 0.25) is 10.0 Å². The highest BCUT2D eigenvalue weighted by Crippen LogP contribution is 2.36. The molecule has 0 aliphatic heterocycles. The lowest BCUT2D eigenvalue weighted by Crippen LogP contribution is -2.08. The Morgan fingerprint density at radius 3 is 2.38 bits per heavy atom. The molecule has 2 aromatic carbocycles. The van der Waals surface area contributed by atoms with Gasteiger partial charge in [-0.3, -0.25) is 10.1 Å². The number of carboxylic acid groups (broad SMARTS) is 1. The van der Waals surface area contributed by atoms with Crippen molar-refractivity contribution in [3.63, 3.8) is 0 Å². The van der Waals surface area contributed by atoms with E-state index >= 15 is 0 Å². The summed E-state index contributed by atoms with van der Waals surface area (Å²) >= 11 is 11.8. The Bertz CT molecular complexity index is 926. The summed E-state index contributed by atoms with van der Waals surface area (Å²) in [7, 11) is 0. The first-order valence-electron chi connectivity index (χ1n) is 6.77. The number of nitrogens with zero attached hydrogens (tertiary/aromatic N) is 1. The molecule has 0 atom stereocenters. The number of hydrogen-bond donors (Lipinski definition) is 1. The third kappa shape index (κ3) is 4.14. The highest BCUT2D eigenvalue weighted by Gasteiger charge is 2.34. The summed E-state index contributed by atoms with van der Waals surface area (Å²) in [6, 6.07) is 5.92. The summed E-state index contributed by atoms with van der Waals surface area (Å²) in [6.07, 6.45) is -3.81. The first-order chi connectivity index (χ1) is 12.0. The first-order valence-corrected chi connectivity index (χ1v) is 7.53. The monoisotopic (exact) mass is 405 g/mol. The van der Waals surface area contributed by atoms with Crippen molar-refractivity contribution in [3.8, 4) is 0 Å². The van der Waals surface area contributed by atoms with Crippen molar-refractivity contribution < 1.29 is 28.0 Å². The fraction of sp³-hybridized carbons (Fsp3) is 0.0625. The van der Waals surface area contributed by atoms with E-state index in [9.17, 15) is 33.2 Å². The summed E-state index contributed by atoms with van der Waals surface area (Å²) in [5.41, 5.74) is -3.21. The van der Waals surface area contributed by atoms with Crippen LogP contribution in [0.25, 0.3) is 11.6 Å². The number of hydrogen-bond acceptors (Lipinski definition) is 3. The molecule has 10 heteroatoms. The van der Waals surface area contributed by atoms with E-state index in [-0.39, 0.29) is 21.7 Å². The summed E-state index contributed by atoms with van der Waals surface area (Å²) in [6.45, 7) is 0. The maximum atomic E-state index is 12.8. The average molecular weight is 406 g/mol. The molecule has 0 fully saturated rings. The molecule has 0 amide bonds. The van der Waals surface area contributed by atoms with Crippen molar-refractivity contribution >= 4 is 46.5 Å². The normalized spacial score (nSPS) is 12.1. The Morgan fingerprint density at radius 2 is 1.85 bits per heavy atom. The molecule has 0 radical (unpaired) electrons. The molecule has 0 bridgehead atoms. The van der Waals surface area contributed by atoms with Crippen molar-refractivity contribution in [2.45, 2.75) is 6.18 Å². The van der Waals surface area contributed by atoms with Gasteiger partial charge >= 0.3 is 12.1 Å². The van der Waals surface area contributed by atoms with Gasteiger partial charge in [0.15, 0.2) is 0 Å². The zero-order valence-corrected chi connectivity index (χ0v) is 14.1. The summed E-state index contributed by atoms with van der Waals surface area (Å²) in [5.74, 6) is -1.58. The second kappa shape index (κ2) is 7.35. The molecule has 0 aliphatic carbocycles. The van der Waals surface area contributed by atoms with Gasteiger partial charge in [0.1, 0.15) is 0 Å². The maximum Gasteiger partial charge on any atom is 0.416 e. The van der Waals surface area contributed by atoms with Crippen LogP contribution in [-0.2, 0) is 11.0 Å². The third-order valence-corrected chi connectivity index (χ3v) is 4.16. The Balaban J connectivity index is 2.72. The quantitative estimate of drug-likeness (QED) is 0.313. The fourth-order valence-corrected chi connectivity index (χ4v) is 2.49. The third-order valence-electron chi connectivity index (χ3n) is 3.32. The number of aliphatic carboxylic acids is 1. The molecule has 2 rings (SSSR count). The van der Waals surface area contributed by atoms with Gasteiger partial charge < -0.3 is 5.11 Å². The maximum absolute atomic E-state index is 12.8. The minimum Gasteiger partial charge on any atom is -0.478 e. The zero-order valence-electron chi connectivity index (χ0n) is 12.6. The summed E-state index contributed by atoms with van der Waals surface area (Å²) in [5, 5.41) is 20.7. The van der Waals surface area contributed by atoms with Crippen LogP contribution in [0.3, 0.4) is 0 Å². The number of halogens is 5. The number of nitro groups is 1. The van der Waals surface area contributed by atoms with E-state index in [1.54, 1.807) is 0 Å². The van der Waals surface area contributed by atoms with Gasteiger partial charge in [-0.05, 0) is 29.8 Å². The van der Waals surface area contributed by atoms with Crippen LogP contribution in [0.5, 0.6) is 0 Å². The summed E-state index contributed by atoms with van der Waals surface area (Å²) < 4.78 is 38.3. The van der Waals surface area contributed by atoms with Gasteiger partial charge in [-0.1, -0.05) is 35.3 Å². The van der Waals surface area contributed by atoms with Gasteiger partial charge in [-0.25, -0.2) is 4.79 Å². The number of nitro benzene ring substituents is 1. The Labute approximate surface area is 154 Å².